The first-order valence-electron chi connectivity index (χ1n) is 11.6. The van der Waals surface area contributed by atoms with Gasteiger partial charge in [-0.15, -0.1) is 11.3 Å². The van der Waals surface area contributed by atoms with Gasteiger partial charge in [-0.1, -0.05) is 0 Å². The SMILES string of the molecule is CCOC(=O)C1=C(CN2CCN(C=O)C(CN(C)CC(C)(C)C(=O)O)C2)NC(c2nccs2)=NC1. The van der Waals surface area contributed by atoms with Crippen LogP contribution >= 0.6 is 11.3 Å². The molecule has 12 heteroatoms. The summed E-state index contributed by atoms with van der Waals surface area (Å²) >= 11 is 1.46. The lowest BCUT2D eigenvalue weighted by Crippen LogP contribution is -2.57. The molecule has 2 aliphatic rings. The summed E-state index contributed by atoms with van der Waals surface area (Å²) < 4.78 is 5.25. The number of thiazole rings is 1. The summed E-state index contributed by atoms with van der Waals surface area (Å²) in [5.41, 5.74) is 0.315. The number of esters is 1. The zero-order valence-corrected chi connectivity index (χ0v) is 21.5. The molecule has 192 valence electrons. The van der Waals surface area contributed by atoms with Crippen LogP contribution < -0.4 is 5.32 Å². The first-order valence-corrected chi connectivity index (χ1v) is 12.5. The maximum Gasteiger partial charge on any atom is 0.337 e. The van der Waals surface area contributed by atoms with E-state index in [1.54, 1.807) is 31.9 Å². The third-order valence-electron chi connectivity index (χ3n) is 6.08. The second-order valence-electron chi connectivity index (χ2n) is 9.42. The molecule has 1 amide bonds. The van der Waals surface area contributed by atoms with Gasteiger partial charge in [0.15, 0.2) is 10.8 Å². The van der Waals surface area contributed by atoms with Crippen LogP contribution in [0, 0.1) is 5.41 Å². The number of hydrogen-bond donors (Lipinski definition) is 2. The van der Waals surface area contributed by atoms with Gasteiger partial charge >= 0.3 is 11.9 Å². The molecule has 0 radical (unpaired) electrons. The number of nitrogens with one attached hydrogen (secondary N) is 1. The molecule has 1 fully saturated rings. The second-order valence-corrected chi connectivity index (χ2v) is 10.3. The van der Waals surface area contributed by atoms with Crippen molar-refractivity contribution < 1.29 is 24.2 Å². The number of aromatic nitrogens is 1. The number of carboxylic acids is 1. The van der Waals surface area contributed by atoms with Gasteiger partial charge in [-0.05, 0) is 27.8 Å². The standard InChI is InChI=1S/C23H34N6O5S/c1-5-34-21(31)17-10-25-19(20-24-6-9-35-20)26-18(17)13-28-7-8-29(15-30)16(12-28)11-27(4)14-23(2,3)22(32)33/h6,9,15-16H,5,7-8,10-14H2,1-4H3,(H,25,26)(H,32,33). The van der Waals surface area contributed by atoms with Gasteiger partial charge < -0.3 is 25.0 Å². The highest BCUT2D eigenvalue weighted by Gasteiger charge is 2.33. The maximum atomic E-state index is 12.6. The van der Waals surface area contributed by atoms with E-state index in [1.165, 1.54) is 11.3 Å². The van der Waals surface area contributed by atoms with Gasteiger partial charge in [0.1, 0.15) is 0 Å². The molecule has 35 heavy (non-hydrogen) atoms. The highest BCUT2D eigenvalue weighted by molar-refractivity contribution is 7.11. The van der Waals surface area contributed by atoms with Crippen LogP contribution in [-0.2, 0) is 19.1 Å². The Balaban J connectivity index is 1.73. The Bertz CT molecular complexity index is 977. The fourth-order valence-corrected chi connectivity index (χ4v) is 4.88. The number of carbonyl (C=O) groups excluding carboxylic acids is 2. The summed E-state index contributed by atoms with van der Waals surface area (Å²) in [5, 5.41) is 15.4. The number of carbonyl (C=O) groups is 3. The Morgan fingerprint density at radius 1 is 1.40 bits per heavy atom. The molecule has 1 unspecified atom stereocenters. The van der Waals surface area contributed by atoms with E-state index in [1.807, 2.05) is 17.3 Å². The number of nitrogens with zero attached hydrogens (tertiary/aromatic N) is 5. The van der Waals surface area contributed by atoms with E-state index < -0.39 is 17.4 Å². The van der Waals surface area contributed by atoms with Crippen molar-refractivity contribution in [1.29, 1.82) is 0 Å². The van der Waals surface area contributed by atoms with E-state index in [0.717, 1.165) is 17.1 Å². The Kier molecular flexibility index (Phi) is 8.98. The molecule has 2 N–H and O–H groups in total. The predicted octanol–water partition coefficient (Wildman–Crippen LogP) is 0.495. The number of carboxylic acid groups (broad SMARTS) is 1. The molecule has 1 aromatic rings. The Hall–Kier alpha value is -2.83. The molecule has 3 heterocycles. The van der Waals surface area contributed by atoms with Gasteiger partial charge in [-0.25, -0.2) is 9.78 Å². The number of rotatable bonds is 11. The van der Waals surface area contributed by atoms with Crippen molar-refractivity contribution in [2.45, 2.75) is 26.8 Å². The summed E-state index contributed by atoms with van der Waals surface area (Å²) in [5.74, 6) is -0.626. The van der Waals surface area contributed by atoms with E-state index in [2.05, 4.69) is 20.2 Å². The molecule has 1 saturated heterocycles. The number of likely N-dealkylation sites (N-methyl/N-ethyl adjacent to an activating group) is 1. The van der Waals surface area contributed by atoms with E-state index in [9.17, 15) is 19.5 Å². The summed E-state index contributed by atoms with van der Waals surface area (Å²) in [4.78, 5) is 50.6. The summed E-state index contributed by atoms with van der Waals surface area (Å²) in [6.07, 6.45) is 2.56. The molecule has 3 rings (SSSR count). The van der Waals surface area contributed by atoms with Gasteiger partial charge in [0.05, 0.1) is 30.2 Å². The number of aliphatic carboxylic acids is 1. The second kappa shape index (κ2) is 11.7. The molecule has 0 saturated carbocycles. The van der Waals surface area contributed by atoms with Crippen LogP contribution in [0.25, 0.3) is 0 Å². The van der Waals surface area contributed by atoms with E-state index in [0.29, 0.717) is 50.7 Å². The summed E-state index contributed by atoms with van der Waals surface area (Å²) in [6.45, 7) is 8.76. The molecule has 1 aromatic heterocycles. The Labute approximate surface area is 209 Å². The van der Waals surface area contributed by atoms with Gasteiger partial charge in [0, 0.05) is 56.5 Å². The minimum Gasteiger partial charge on any atom is -0.481 e. The zero-order chi connectivity index (χ0) is 25.6. The number of aliphatic imine (C=N–C) groups is 1. The van der Waals surface area contributed by atoms with Crippen molar-refractivity contribution in [2.75, 3.05) is 59.5 Å². The number of piperazine rings is 1. The van der Waals surface area contributed by atoms with Gasteiger partial charge in [-0.3, -0.25) is 19.5 Å². The van der Waals surface area contributed by atoms with Crippen LogP contribution in [0.15, 0.2) is 27.8 Å². The number of hydrogen-bond acceptors (Lipinski definition) is 10. The molecular formula is C23H34N6O5S. The Morgan fingerprint density at radius 3 is 2.80 bits per heavy atom. The lowest BCUT2D eigenvalue weighted by molar-refractivity contribution is -0.148. The third-order valence-corrected chi connectivity index (χ3v) is 6.86. The van der Waals surface area contributed by atoms with Gasteiger partial charge in [-0.2, -0.15) is 0 Å². The first-order chi connectivity index (χ1) is 16.6. The zero-order valence-electron chi connectivity index (χ0n) is 20.7. The molecule has 11 nitrogen and oxygen atoms in total. The first kappa shape index (κ1) is 26.8. The Morgan fingerprint density at radius 2 is 2.17 bits per heavy atom. The van der Waals surface area contributed by atoms with Crippen molar-refractivity contribution in [3.63, 3.8) is 0 Å². The van der Waals surface area contributed by atoms with Crippen molar-refractivity contribution >= 4 is 35.5 Å². The lowest BCUT2D eigenvalue weighted by Gasteiger charge is -2.42. The lowest BCUT2D eigenvalue weighted by atomic mass is 9.93. The molecule has 0 aliphatic carbocycles. The van der Waals surface area contributed by atoms with Crippen LogP contribution in [0.2, 0.25) is 0 Å². The maximum absolute atomic E-state index is 12.6. The average molecular weight is 507 g/mol. The molecule has 2 aliphatic heterocycles. The third kappa shape index (κ3) is 6.86. The molecular weight excluding hydrogens is 472 g/mol. The van der Waals surface area contributed by atoms with Crippen molar-refractivity contribution in [3.8, 4) is 0 Å². The van der Waals surface area contributed by atoms with Crippen LogP contribution in [0.3, 0.4) is 0 Å². The minimum atomic E-state index is -0.897. The van der Waals surface area contributed by atoms with Crippen LogP contribution in [-0.4, -0.2) is 114 Å². The van der Waals surface area contributed by atoms with Crippen LogP contribution in [0.1, 0.15) is 25.8 Å². The smallest absolute Gasteiger partial charge is 0.337 e. The van der Waals surface area contributed by atoms with E-state index in [4.69, 9.17) is 4.74 Å². The van der Waals surface area contributed by atoms with E-state index in [-0.39, 0.29) is 19.2 Å². The monoisotopic (exact) mass is 506 g/mol. The van der Waals surface area contributed by atoms with Crippen molar-refractivity contribution in [2.24, 2.45) is 10.4 Å². The largest absolute Gasteiger partial charge is 0.481 e. The number of ether oxygens (including phenoxy) is 1. The van der Waals surface area contributed by atoms with Crippen molar-refractivity contribution in [3.05, 3.63) is 27.9 Å². The number of amides is 1. The summed E-state index contributed by atoms with van der Waals surface area (Å²) in [7, 11) is 1.87. The molecule has 0 spiro atoms. The molecule has 0 bridgehead atoms. The van der Waals surface area contributed by atoms with Crippen LogP contribution in [0.5, 0.6) is 0 Å². The highest BCUT2D eigenvalue weighted by atomic mass is 32.1. The van der Waals surface area contributed by atoms with Gasteiger partial charge in [0.2, 0.25) is 6.41 Å². The normalized spacial score (nSPS) is 19.4. The fraction of sp³-hybridized carbons (Fsp3) is 0.609. The van der Waals surface area contributed by atoms with Gasteiger partial charge in [0.25, 0.3) is 0 Å². The fourth-order valence-electron chi connectivity index (χ4n) is 4.28. The quantitative estimate of drug-likeness (QED) is 0.326. The molecule has 0 aromatic carbocycles. The summed E-state index contributed by atoms with van der Waals surface area (Å²) in [6, 6.07) is -0.113. The average Bonchev–Trinajstić information content (AvgIpc) is 3.34. The topological polar surface area (TPSA) is 128 Å². The number of amidine groups is 1. The van der Waals surface area contributed by atoms with E-state index >= 15 is 0 Å². The predicted molar refractivity (Wildman–Crippen MR) is 132 cm³/mol. The van der Waals surface area contributed by atoms with Crippen molar-refractivity contribution in [1.82, 2.24) is 25.0 Å². The molecule has 1 atom stereocenters. The van der Waals surface area contributed by atoms with Crippen LogP contribution in [0.4, 0.5) is 0 Å². The minimum absolute atomic E-state index is 0.113. The highest BCUT2D eigenvalue weighted by Crippen LogP contribution is 2.20.